The van der Waals surface area contributed by atoms with Crippen molar-refractivity contribution >= 4 is 33.8 Å². The number of aryl methyl sites for hydroxylation is 2. The first kappa shape index (κ1) is 47.1. The van der Waals surface area contributed by atoms with Crippen molar-refractivity contribution in [3.63, 3.8) is 0 Å². The lowest BCUT2D eigenvalue weighted by atomic mass is 9.89. The standard InChI is InChI=1S/C45H50F6O10S2/c1-27-37(29(3)62-41(27)31-5-7-33-35(25-31)60-23-19-56-15-11-52-9-13-54-17-21-58-33)39-40(44(48,49)45(50,51)43(39,46)47)38-28(2)42(63-30(38)4)32-6-8-34-36(26-32)61-24-20-57-16-12-53-10-14-55-18-22-59-34/h5-8,25-26H,9-24H2,1-4H3. The van der Waals surface area contributed by atoms with E-state index in [0.717, 1.165) is 22.7 Å². The summed E-state index contributed by atoms with van der Waals surface area (Å²) in [6, 6.07) is 9.94. The van der Waals surface area contributed by atoms with E-state index in [1.54, 1.807) is 36.4 Å². The van der Waals surface area contributed by atoms with Crippen molar-refractivity contribution in [3.05, 3.63) is 68.4 Å². The van der Waals surface area contributed by atoms with Gasteiger partial charge in [-0.15, -0.1) is 22.7 Å². The van der Waals surface area contributed by atoms with E-state index in [1.165, 1.54) is 27.7 Å². The molecule has 0 amide bonds. The molecule has 10 nitrogen and oxygen atoms in total. The van der Waals surface area contributed by atoms with Crippen LogP contribution in [0.15, 0.2) is 36.4 Å². The summed E-state index contributed by atoms with van der Waals surface area (Å²) < 4.78 is 154. The Kier molecular flexibility index (Phi) is 15.3. The minimum absolute atomic E-state index is 0.138. The van der Waals surface area contributed by atoms with Crippen LogP contribution in [0.5, 0.6) is 23.0 Å². The summed E-state index contributed by atoms with van der Waals surface area (Å²) in [5.41, 5.74) is -2.26. The van der Waals surface area contributed by atoms with E-state index < -0.39 is 28.9 Å². The molecule has 0 N–H and O–H groups in total. The van der Waals surface area contributed by atoms with Gasteiger partial charge in [0.05, 0.1) is 79.3 Å². The molecule has 344 valence electrons. The Morgan fingerprint density at radius 2 is 0.683 bits per heavy atom. The van der Waals surface area contributed by atoms with Gasteiger partial charge in [-0.3, -0.25) is 0 Å². The first-order valence-corrected chi connectivity index (χ1v) is 22.2. The Morgan fingerprint density at radius 1 is 0.397 bits per heavy atom. The number of allylic oxidation sites excluding steroid dienone is 2. The van der Waals surface area contributed by atoms with Crippen molar-refractivity contribution in [3.8, 4) is 43.9 Å². The molecule has 0 saturated heterocycles. The predicted octanol–water partition coefficient (Wildman–Crippen LogP) is 9.85. The fraction of sp³-hybridized carbons (Fsp3) is 0.511. The van der Waals surface area contributed by atoms with Crippen LogP contribution in [0.1, 0.15) is 32.0 Å². The van der Waals surface area contributed by atoms with Gasteiger partial charge in [-0.05, 0) is 86.3 Å². The van der Waals surface area contributed by atoms with E-state index in [1.807, 2.05) is 0 Å². The summed E-state index contributed by atoms with van der Waals surface area (Å²) >= 11 is 2.07. The summed E-state index contributed by atoms with van der Waals surface area (Å²) in [6.45, 7) is 10.6. The van der Waals surface area contributed by atoms with Gasteiger partial charge in [0.2, 0.25) is 0 Å². The molecule has 2 aromatic heterocycles. The van der Waals surface area contributed by atoms with Crippen LogP contribution < -0.4 is 18.9 Å². The Labute approximate surface area is 369 Å². The lowest BCUT2D eigenvalue weighted by molar-refractivity contribution is -0.254. The Hall–Kier alpha value is -3.88. The van der Waals surface area contributed by atoms with Crippen LogP contribution in [0.2, 0.25) is 0 Å². The summed E-state index contributed by atoms with van der Waals surface area (Å²) in [5.74, 6) is -14.9. The highest BCUT2D eigenvalue weighted by Crippen LogP contribution is 2.67. The Bertz CT molecular complexity index is 2090. The van der Waals surface area contributed by atoms with E-state index in [0.29, 0.717) is 96.7 Å². The van der Waals surface area contributed by atoms with E-state index >= 15 is 26.3 Å². The van der Waals surface area contributed by atoms with Crippen LogP contribution in [0, 0.1) is 27.7 Å². The molecule has 0 saturated carbocycles. The molecule has 1 aliphatic carbocycles. The van der Waals surface area contributed by atoms with Gasteiger partial charge in [0.25, 0.3) is 0 Å². The number of halogens is 6. The molecule has 63 heavy (non-hydrogen) atoms. The second kappa shape index (κ2) is 20.5. The van der Waals surface area contributed by atoms with Crippen molar-refractivity contribution < 1.29 is 73.7 Å². The second-order valence-electron chi connectivity index (χ2n) is 14.8. The highest BCUT2D eigenvalue weighted by atomic mass is 32.1. The lowest BCUT2D eigenvalue weighted by Gasteiger charge is -2.26. The summed E-state index contributed by atoms with van der Waals surface area (Å²) in [6.07, 6.45) is 0. The van der Waals surface area contributed by atoms with Gasteiger partial charge in [0.15, 0.2) is 23.0 Å². The molecular weight excluding hydrogens is 879 g/mol. The number of ether oxygens (including phenoxy) is 10. The summed E-state index contributed by atoms with van der Waals surface area (Å²) in [7, 11) is 0. The SMILES string of the molecule is Cc1sc(-c2ccc3c(c2)OCCOCCOCCOCCO3)c(C)c1C1=C(c2c(C)sc(-c3ccc4c(c3)OCCOCCOCCOCCO4)c2C)C(F)(F)C(F)(F)C1(F)F. The van der Waals surface area contributed by atoms with E-state index in [4.69, 9.17) is 47.4 Å². The van der Waals surface area contributed by atoms with Crippen molar-refractivity contribution in [1.82, 2.24) is 0 Å². The Morgan fingerprint density at radius 3 is 1.00 bits per heavy atom. The second-order valence-corrected chi connectivity index (χ2v) is 17.3. The topological polar surface area (TPSA) is 92.3 Å². The van der Waals surface area contributed by atoms with E-state index in [9.17, 15) is 0 Å². The maximum absolute atomic E-state index is 16.4. The van der Waals surface area contributed by atoms with Crippen LogP contribution in [-0.4, -0.2) is 123 Å². The van der Waals surface area contributed by atoms with Crippen molar-refractivity contribution in [1.29, 1.82) is 0 Å². The van der Waals surface area contributed by atoms with Crippen molar-refractivity contribution in [2.24, 2.45) is 0 Å². The average Bonchev–Trinajstić information content (AvgIpc) is 3.73. The minimum atomic E-state index is -5.75. The average molecular weight is 929 g/mol. The van der Waals surface area contributed by atoms with Gasteiger partial charge in [-0.2, -0.15) is 26.3 Å². The molecule has 18 heteroatoms. The molecule has 0 fully saturated rings. The number of thiophene rings is 2. The molecule has 0 atom stereocenters. The molecule has 4 aromatic rings. The third kappa shape index (κ3) is 9.88. The molecule has 0 spiro atoms. The predicted molar refractivity (Wildman–Crippen MR) is 227 cm³/mol. The molecular formula is C45H50F6O10S2. The fourth-order valence-electron chi connectivity index (χ4n) is 7.67. The zero-order valence-electron chi connectivity index (χ0n) is 35.4. The van der Waals surface area contributed by atoms with Gasteiger partial charge >= 0.3 is 17.8 Å². The van der Waals surface area contributed by atoms with Gasteiger partial charge < -0.3 is 47.4 Å². The molecule has 2 aliphatic heterocycles. The smallest absolute Gasteiger partial charge is 0.380 e. The van der Waals surface area contributed by atoms with E-state index in [2.05, 4.69) is 0 Å². The first-order chi connectivity index (χ1) is 30.3. The van der Waals surface area contributed by atoms with Crippen LogP contribution in [0.25, 0.3) is 32.0 Å². The molecule has 3 aliphatic rings. The quantitative estimate of drug-likeness (QED) is 0.184. The number of hydrogen-bond acceptors (Lipinski definition) is 12. The van der Waals surface area contributed by atoms with Crippen LogP contribution in [0.3, 0.4) is 0 Å². The first-order valence-electron chi connectivity index (χ1n) is 20.6. The normalized spacial score (nSPS) is 20.6. The highest BCUT2D eigenvalue weighted by Gasteiger charge is 2.80. The zero-order valence-corrected chi connectivity index (χ0v) is 37.1. The van der Waals surface area contributed by atoms with Crippen LogP contribution in [0.4, 0.5) is 26.3 Å². The summed E-state index contributed by atoms with van der Waals surface area (Å²) in [5, 5.41) is 0. The Balaban J connectivity index is 1.28. The summed E-state index contributed by atoms with van der Waals surface area (Å²) in [4.78, 5) is 1.15. The molecule has 2 aromatic carbocycles. The lowest BCUT2D eigenvalue weighted by Crippen LogP contribution is -2.49. The molecule has 0 unspecified atom stereocenters. The van der Waals surface area contributed by atoms with Gasteiger partial charge in [-0.1, -0.05) is 0 Å². The van der Waals surface area contributed by atoms with Crippen LogP contribution in [-0.2, 0) is 28.4 Å². The molecule has 4 heterocycles. The minimum Gasteiger partial charge on any atom is -0.487 e. The number of fused-ring (bicyclic) bond motifs is 2. The van der Waals surface area contributed by atoms with Gasteiger partial charge in [0, 0.05) is 41.8 Å². The van der Waals surface area contributed by atoms with Crippen molar-refractivity contribution in [2.45, 2.75) is 45.5 Å². The number of hydrogen-bond donors (Lipinski definition) is 0. The maximum atomic E-state index is 16.4. The van der Waals surface area contributed by atoms with Gasteiger partial charge in [0.1, 0.15) is 26.4 Å². The third-order valence-corrected chi connectivity index (χ3v) is 13.2. The molecule has 0 radical (unpaired) electrons. The maximum Gasteiger partial charge on any atom is 0.380 e. The fourth-order valence-corrected chi connectivity index (χ4v) is 10.00. The highest BCUT2D eigenvalue weighted by molar-refractivity contribution is 7.16. The monoisotopic (exact) mass is 928 g/mol. The molecule has 7 rings (SSSR count). The number of rotatable bonds is 4. The molecule has 0 bridgehead atoms. The zero-order chi connectivity index (χ0) is 44.8. The van der Waals surface area contributed by atoms with Crippen molar-refractivity contribution in [2.75, 3.05) is 106 Å². The van der Waals surface area contributed by atoms with Gasteiger partial charge in [-0.25, -0.2) is 0 Å². The number of alkyl halides is 6. The largest absolute Gasteiger partial charge is 0.487 e. The van der Waals surface area contributed by atoms with Crippen LogP contribution >= 0.6 is 22.7 Å². The third-order valence-electron chi connectivity index (χ3n) is 10.7. The number of benzene rings is 2. The van der Waals surface area contributed by atoms with E-state index in [-0.39, 0.29) is 84.9 Å².